The fourth-order valence-electron chi connectivity index (χ4n) is 7.00. The molecule has 3 heteroatoms. The molecule has 3 nitrogen and oxygen atoms in total. The summed E-state index contributed by atoms with van der Waals surface area (Å²) in [6.07, 6.45) is 0. The average molecular weight is 690 g/mol. The van der Waals surface area contributed by atoms with Gasteiger partial charge in [0.05, 0.1) is 0 Å². The monoisotopic (exact) mass is 689 g/mol. The van der Waals surface area contributed by atoms with Crippen LogP contribution in [0.3, 0.4) is 0 Å². The molecule has 9 aromatic rings. The Labute approximate surface area is 316 Å². The molecule has 1 heterocycles. The van der Waals surface area contributed by atoms with E-state index in [1.807, 2.05) is 60.7 Å². The van der Waals surface area contributed by atoms with Crippen molar-refractivity contribution >= 4 is 0 Å². The molecule has 0 aliphatic heterocycles. The van der Waals surface area contributed by atoms with Gasteiger partial charge in [0.15, 0.2) is 17.5 Å². The Hall–Kier alpha value is -7.23. The SMILES string of the molecule is c1ccc(-c2nc(-c3ccccc3)nc(-c3cccc(-c4cccc(-c5cccc(-c6cccc(-c7ccccc7-c7ccccc7)c6)c5)c4)c3)n2)cc1. The standard InChI is InChI=1S/C51H35N3/c1-4-16-36(17-5-1)47-30-10-11-31-48(47)45-28-14-26-43(34-45)41-24-12-22-39(32-41)40-23-13-25-42(33-40)44-27-15-29-46(35-44)51-53-49(37-18-6-2-7-19-37)52-50(54-51)38-20-8-3-9-21-38/h1-35H. The largest absolute Gasteiger partial charge is 0.208 e. The minimum absolute atomic E-state index is 0.641. The van der Waals surface area contributed by atoms with Crippen LogP contribution in [-0.2, 0) is 0 Å². The molecule has 0 N–H and O–H groups in total. The Balaban J connectivity index is 1.04. The normalized spacial score (nSPS) is 11.0. The van der Waals surface area contributed by atoms with Crippen LogP contribution in [0, 0.1) is 0 Å². The lowest BCUT2D eigenvalue weighted by molar-refractivity contribution is 1.07. The Morgan fingerprint density at radius 1 is 0.185 bits per heavy atom. The van der Waals surface area contributed by atoms with E-state index >= 15 is 0 Å². The Kier molecular flexibility index (Phi) is 8.94. The van der Waals surface area contributed by atoms with E-state index in [-0.39, 0.29) is 0 Å². The van der Waals surface area contributed by atoms with Crippen molar-refractivity contribution < 1.29 is 0 Å². The molecule has 0 unspecified atom stereocenters. The molecule has 0 aliphatic rings. The maximum absolute atomic E-state index is 4.96. The van der Waals surface area contributed by atoms with Gasteiger partial charge in [0.25, 0.3) is 0 Å². The predicted octanol–water partition coefficient (Wildman–Crippen LogP) is 13.2. The molecule has 0 fully saturated rings. The van der Waals surface area contributed by atoms with E-state index < -0.39 is 0 Å². The van der Waals surface area contributed by atoms with Crippen molar-refractivity contribution in [2.75, 3.05) is 0 Å². The predicted molar refractivity (Wildman–Crippen MR) is 223 cm³/mol. The van der Waals surface area contributed by atoms with Crippen LogP contribution in [0.5, 0.6) is 0 Å². The first kappa shape index (κ1) is 32.7. The molecular formula is C51H35N3. The average Bonchev–Trinajstić information content (AvgIpc) is 3.27. The first-order valence-electron chi connectivity index (χ1n) is 18.2. The summed E-state index contributed by atoms with van der Waals surface area (Å²) in [5, 5.41) is 0. The summed E-state index contributed by atoms with van der Waals surface area (Å²) in [6.45, 7) is 0. The minimum atomic E-state index is 0.641. The zero-order valence-corrected chi connectivity index (χ0v) is 29.5. The lowest BCUT2D eigenvalue weighted by Gasteiger charge is -2.13. The van der Waals surface area contributed by atoms with Crippen LogP contribution in [-0.4, -0.2) is 15.0 Å². The quantitative estimate of drug-likeness (QED) is 0.159. The molecule has 254 valence electrons. The third kappa shape index (κ3) is 6.87. The number of nitrogens with zero attached hydrogens (tertiary/aromatic N) is 3. The van der Waals surface area contributed by atoms with Gasteiger partial charge in [-0.3, -0.25) is 0 Å². The van der Waals surface area contributed by atoms with Gasteiger partial charge in [0, 0.05) is 16.7 Å². The molecule has 0 spiro atoms. The molecule has 8 aromatic carbocycles. The summed E-state index contributed by atoms with van der Waals surface area (Å²) in [7, 11) is 0. The Bertz CT molecular complexity index is 2650. The lowest BCUT2D eigenvalue weighted by atomic mass is 9.92. The van der Waals surface area contributed by atoms with Gasteiger partial charge in [-0.2, -0.15) is 0 Å². The van der Waals surface area contributed by atoms with Crippen LogP contribution in [0.1, 0.15) is 0 Å². The summed E-state index contributed by atoms with van der Waals surface area (Å²) in [5.41, 5.74) is 14.6. The van der Waals surface area contributed by atoms with Crippen molar-refractivity contribution in [1.29, 1.82) is 0 Å². The van der Waals surface area contributed by atoms with Gasteiger partial charge in [-0.05, 0) is 79.9 Å². The third-order valence-electron chi connectivity index (χ3n) is 9.73. The van der Waals surface area contributed by atoms with Gasteiger partial charge in [-0.1, -0.05) is 188 Å². The Morgan fingerprint density at radius 3 is 0.870 bits per heavy atom. The van der Waals surface area contributed by atoms with Gasteiger partial charge < -0.3 is 0 Å². The second-order valence-electron chi connectivity index (χ2n) is 13.3. The summed E-state index contributed by atoms with van der Waals surface area (Å²) in [5.74, 6) is 1.94. The van der Waals surface area contributed by atoms with Gasteiger partial charge >= 0.3 is 0 Å². The number of hydrogen-bond acceptors (Lipinski definition) is 3. The van der Waals surface area contributed by atoms with E-state index in [2.05, 4.69) is 152 Å². The third-order valence-corrected chi connectivity index (χ3v) is 9.73. The maximum atomic E-state index is 4.96. The maximum Gasteiger partial charge on any atom is 0.164 e. The van der Waals surface area contributed by atoms with Crippen molar-refractivity contribution in [3.8, 4) is 89.8 Å². The summed E-state index contributed by atoms with van der Waals surface area (Å²) in [4.78, 5) is 14.8. The van der Waals surface area contributed by atoms with Gasteiger partial charge in [-0.15, -0.1) is 0 Å². The van der Waals surface area contributed by atoms with Crippen LogP contribution < -0.4 is 0 Å². The zero-order chi connectivity index (χ0) is 36.1. The van der Waals surface area contributed by atoms with E-state index in [4.69, 9.17) is 15.0 Å². The van der Waals surface area contributed by atoms with Gasteiger partial charge in [0.2, 0.25) is 0 Å². The molecule has 1 aromatic heterocycles. The molecule has 0 atom stereocenters. The van der Waals surface area contributed by atoms with Crippen molar-refractivity contribution in [3.63, 3.8) is 0 Å². The fraction of sp³-hybridized carbons (Fsp3) is 0. The highest BCUT2D eigenvalue weighted by Gasteiger charge is 2.14. The molecule has 9 rings (SSSR count). The van der Waals surface area contributed by atoms with Crippen LogP contribution in [0.25, 0.3) is 89.8 Å². The van der Waals surface area contributed by atoms with Gasteiger partial charge in [-0.25, -0.2) is 15.0 Å². The molecule has 0 aliphatic carbocycles. The Morgan fingerprint density at radius 2 is 0.444 bits per heavy atom. The van der Waals surface area contributed by atoms with E-state index in [1.165, 1.54) is 33.4 Å². The van der Waals surface area contributed by atoms with Crippen molar-refractivity contribution in [3.05, 3.63) is 212 Å². The van der Waals surface area contributed by atoms with E-state index in [0.29, 0.717) is 17.5 Å². The zero-order valence-electron chi connectivity index (χ0n) is 29.5. The second-order valence-corrected chi connectivity index (χ2v) is 13.3. The van der Waals surface area contributed by atoms with Crippen LogP contribution in [0.2, 0.25) is 0 Å². The van der Waals surface area contributed by atoms with Gasteiger partial charge in [0.1, 0.15) is 0 Å². The second kappa shape index (κ2) is 14.8. The first-order chi connectivity index (χ1) is 26.7. The molecule has 0 bridgehead atoms. The summed E-state index contributed by atoms with van der Waals surface area (Å²) >= 11 is 0. The van der Waals surface area contributed by atoms with E-state index in [9.17, 15) is 0 Å². The topological polar surface area (TPSA) is 38.7 Å². The summed E-state index contributed by atoms with van der Waals surface area (Å²) in [6, 6.07) is 74.3. The molecule has 0 amide bonds. The van der Waals surface area contributed by atoms with Crippen LogP contribution in [0.4, 0.5) is 0 Å². The highest BCUT2D eigenvalue weighted by atomic mass is 15.0. The fourth-order valence-corrected chi connectivity index (χ4v) is 7.00. The smallest absolute Gasteiger partial charge is 0.164 e. The molecule has 0 radical (unpaired) electrons. The lowest BCUT2D eigenvalue weighted by Crippen LogP contribution is -2.00. The summed E-state index contributed by atoms with van der Waals surface area (Å²) < 4.78 is 0. The molecular weight excluding hydrogens is 655 g/mol. The highest BCUT2D eigenvalue weighted by molar-refractivity contribution is 5.86. The molecule has 0 saturated carbocycles. The van der Waals surface area contributed by atoms with E-state index in [1.54, 1.807) is 0 Å². The molecule has 0 saturated heterocycles. The number of hydrogen-bond donors (Lipinski definition) is 0. The van der Waals surface area contributed by atoms with Crippen LogP contribution in [0.15, 0.2) is 212 Å². The number of aromatic nitrogens is 3. The van der Waals surface area contributed by atoms with Crippen molar-refractivity contribution in [2.45, 2.75) is 0 Å². The highest BCUT2D eigenvalue weighted by Crippen LogP contribution is 2.36. The number of rotatable bonds is 8. The first-order valence-corrected chi connectivity index (χ1v) is 18.2. The van der Waals surface area contributed by atoms with Crippen molar-refractivity contribution in [2.24, 2.45) is 0 Å². The van der Waals surface area contributed by atoms with Crippen LogP contribution >= 0.6 is 0 Å². The van der Waals surface area contributed by atoms with Crippen molar-refractivity contribution in [1.82, 2.24) is 15.0 Å². The number of benzene rings is 8. The molecule has 54 heavy (non-hydrogen) atoms. The minimum Gasteiger partial charge on any atom is -0.208 e. The van der Waals surface area contributed by atoms with E-state index in [0.717, 1.165) is 38.9 Å².